The van der Waals surface area contributed by atoms with Crippen LogP contribution in [-0.2, 0) is 4.79 Å². The van der Waals surface area contributed by atoms with E-state index in [1.54, 1.807) is 0 Å². The minimum atomic E-state index is -0.842. The standard InChI is InChI=1S/C12H22N4O2S/c1-8(2)11-13-14-12(19-7-10(17)18)16(11)9(3)6-15(4)5/h8-9H,6-7H2,1-5H3,(H,17,18). The molecule has 0 aromatic carbocycles. The number of rotatable bonds is 7. The van der Waals surface area contributed by atoms with Gasteiger partial charge in [0.15, 0.2) is 5.16 Å². The summed E-state index contributed by atoms with van der Waals surface area (Å²) in [4.78, 5) is 12.8. The van der Waals surface area contributed by atoms with Gasteiger partial charge in [-0.25, -0.2) is 0 Å². The van der Waals surface area contributed by atoms with E-state index in [0.29, 0.717) is 5.16 Å². The topological polar surface area (TPSA) is 71.2 Å². The molecule has 0 spiro atoms. The molecule has 1 aromatic heterocycles. The maximum atomic E-state index is 10.7. The minimum Gasteiger partial charge on any atom is -0.481 e. The van der Waals surface area contributed by atoms with Crippen LogP contribution in [0, 0.1) is 0 Å². The number of hydrogen-bond donors (Lipinski definition) is 1. The Morgan fingerprint density at radius 2 is 2.00 bits per heavy atom. The van der Waals surface area contributed by atoms with Gasteiger partial charge in [-0.2, -0.15) is 0 Å². The summed E-state index contributed by atoms with van der Waals surface area (Å²) >= 11 is 1.22. The average Bonchev–Trinajstić information content (AvgIpc) is 2.68. The van der Waals surface area contributed by atoms with E-state index in [1.807, 2.05) is 14.1 Å². The number of hydrogen-bond acceptors (Lipinski definition) is 5. The monoisotopic (exact) mass is 286 g/mol. The van der Waals surface area contributed by atoms with Crippen LogP contribution in [0.2, 0.25) is 0 Å². The second kappa shape index (κ2) is 6.91. The van der Waals surface area contributed by atoms with Crippen molar-refractivity contribution in [2.45, 2.75) is 37.9 Å². The van der Waals surface area contributed by atoms with Crippen molar-refractivity contribution in [3.63, 3.8) is 0 Å². The summed E-state index contributed by atoms with van der Waals surface area (Å²) in [6.07, 6.45) is 0. The SMILES string of the molecule is CC(C)c1nnc(SCC(=O)O)n1C(C)CN(C)C. The Morgan fingerprint density at radius 1 is 1.37 bits per heavy atom. The van der Waals surface area contributed by atoms with Crippen LogP contribution >= 0.6 is 11.8 Å². The van der Waals surface area contributed by atoms with Crippen LogP contribution < -0.4 is 0 Å². The molecule has 1 rings (SSSR count). The Balaban J connectivity index is 3.00. The summed E-state index contributed by atoms with van der Waals surface area (Å²) in [6.45, 7) is 7.08. The predicted octanol–water partition coefficient (Wildman–Crippen LogP) is 1.70. The van der Waals surface area contributed by atoms with Crippen molar-refractivity contribution in [3.8, 4) is 0 Å². The van der Waals surface area contributed by atoms with Gasteiger partial charge < -0.3 is 14.6 Å². The summed E-state index contributed by atoms with van der Waals surface area (Å²) in [5.41, 5.74) is 0. The molecule has 6 nitrogen and oxygen atoms in total. The fourth-order valence-corrected chi connectivity index (χ4v) is 2.69. The molecule has 0 aliphatic carbocycles. The molecular weight excluding hydrogens is 264 g/mol. The normalized spacial score (nSPS) is 13.2. The maximum absolute atomic E-state index is 10.7. The quantitative estimate of drug-likeness (QED) is 0.769. The molecule has 1 heterocycles. The van der Waals surface area contributed by atoms with Gasteiger partial charge in [-0.05, 0) is 21.0 Å². The molecule has 0 amide bonds. The van der Waals surface area contributed by atoms with Crippen molar-refractivity contribution < 1.29 is 9.90 Å². The Kier molecular flexibility index (Phi) is 5.81. The number of thioether (sulfide) groups is 1. The molecule has 0 bridgehead atoms. The Hall–Kier alpha value is -1.08. The van der Waals surface area contributed by atoms with Crippen LogP contribution in [0.25, 0.3) is 0 Å². The number of aliphatic carboxylic acids is 1. The summed E-state index contributed by atoms with van der Waals surface area (Å²) in [5, 5.41) is 17.8. The lowest BCUT2D eigenvalue weighted by molar-refractivity contribution is -0.133. The van der Waals surface area contributed by atoms with E-state index in [-0.39, 0.29) is 17.7 Å². The molecule has 0 aliphatic rings. The number of carboxylic acid groups (broad SMARTS) is 1. The van der Waals surface area contributed by atoms with E-state index < -0.39 is 5.97 Å². The van der Waals surface area contributed by atoms with Crippen LogP contribution in [0.5, 0.6) is 0 Å². The van der Waals surface area contributed by atoms with Crippen LogP contribution in [0.4, 0.5) is 0 Å². The van der Waals surface area contributed by atoms with Gasteiger partial charge in [-0.3, -0.25) is 4.79 Å². The van der Waals surface area contributed by atoms with Gasteiger partial charge >= 0.3 is 5.97 Å². The summed E-state index contributed by atoms with van der Waals surface area (Å²) in [5.74, 6) is 0.328. The van der Waals surface area contributed by atoms with Gasteiger partial charge in [-0.1, -0.05) is 25.6 Å². The van der Waals surface area contributed by atoms with Gasteiger partial charge in [-0.15, -0.1) is 10.2 Å². The zero-order valence-corrected chi connectivity index (χ0v) is 12.9. The third-order valence-corrected chi connectivity index (χ3v) is 3.53. The van der Waals surface area contributed by atoms with Crippen molar-refractivity contribution >= 4 is 17.7 Å². The Morgan fingerprint density at radius 3 is 2.47 bits per heavy atom. The van der Waals surface area contributed by atoms with Gasteiger partial charge in [0.05, 0.1) is 5.75 Å². The third-order valence-electron chi connectivity index (χ3n) is 2.60. The summed E-state index contributed by atoms with van der Waals surface area (Å²) < 4.78 is 2.05. The molecule has 7 heteroatoms. The van der Waals surface area contributed by atoms with Crippen molar-refractivity contribution in [2.24, 2.45) is 0 Å². The Bertz CT molecular complexity index is 431. The molecule has 0 radical (unpaired) electrons. The molecule has 19 heavy (non-hydrogen) atoms. The number of carbonyl (C=O) groups is 1. The number of likely N-dealkylation sites (N-methyl/N-ethyl adjacent to an activating group) is 1. The molecule has 1 N–H and O–H groups in total. The van der Waals surface area contributed by atoms with E-state index in [2.05, 4.69) is 40.4 Å². The van der Waals surface area contributed by atoms with E-state index in [1.165, 1.54) is 11.8 Å². The number of aromatic nitrogens is 3. The highest BCUT2D eigenvalue weighted by molar-refractivity contribution is 7.99. The lowest BCUT2D eigenvalue weighted by Crippen LogP contribution is -2.24. The highest BCUT2D eigenvalue weighted by Gasteiger charge is 2.20. The number of nitrogens with zero attached hydrogens (tertiary/aromatic N) is 4. The fourth-order valence-electron chi connectivity index (χ4n) is 1.93. The van der Waals surface area contributed by atoms with Crippen molar-refractivity contribution in [1.29, 1.82) is 0 Å². The zero-order chi connectivity index (χ0) is 14.6. The van der Waals surface area contributed by atoms with Crippen molar-refractivity contribution in [3.05, 3.63) is 5.82 Å². The lowest BCUT2D eigenvalue weighted by atomic mass is 10.2. The maximum Gasteiger partial charge on any atom is 0.313 e. The number of carboxylic acids is 1. The first-order valence-corrected chi connectivity index (χ1v) is 7.25. The van der Waals surface area contributed by atoms with Crippen LogP contribution in [0.1, 0.15) is 38.6 Å². The third kappa shape index (κ3) is 4.50. The molecule has 0 saturated heterocycles. The van der Waals surface area contributed by atoms with E-state index in [0.717, 1.165) is 12.4 Å². The highest BCUT2D eigenvalue weighted by atomic mass is 32.2. The molecule has 0 fully saturated rings. The van der Waals surface area contributed by atoms with Gasteiger partial charge in [0.1, 0.15) is 5.82 Å². The first-order valence-electron chi connectivity index (χ1n) is 6.27. The van der Waals surface area contributed by atoms with Crippen molar-refractivity contribution in [1.82, 2.24) is 19.7 Å². The lowest BCUT2D eigenvalue weighted by Gasteiger charge is -2.22. The largest absolute Gasteiger partial charge is 0.481 e. The van der Waals surface area contributed by atoms with Crippen LogP contribution in [-0.4, -0.2) is 57.1 Å². The van der Waals surface area contributed by atoms with E-state index in [9.17, 15) is 4.79 Å². The molecule has 0 saturated carbocycles. The average molecular weight is 286 g/mol. The molecule has 108 valence electrons. The fraction of sp³-hybridized carbons (Fsp3) is 0.750. The highest BCUT2D eigenvalue weighted by Crippen LogP contribution is 2.25. The van der Waals surface area contributed by atoms with E-state index in [4.69, 9.17) is 5.11 Å². The van der Waals surface area contributed by atoms with Gasteiger partial charge in [0.2, 0.25) is 0 Å². The Labute approximate surface area is 118 Å². The van der Waals surface area contributed by atoms with Gasteiger partial charge in [0, 0.05) is 18.5 Å². The molecule has 1 atom stereocenters. The van der Waals surface area contributed by atoms with E-state index >= 15 is 0 Å². The second-order valence-electron chi connectivity index (χ2n) is 5.16. The molecule has 0 aliphatic heterocycles. The summed E-state index contributed by atoms with van der Waals surface area (Å²) in [6, 6.07) is 0.207. The predicted molar refractivity (Wildman–Crippen MR) is 75.7 cm³/mol. The molecule has 1 aromatic rings. The zero-order valence-electron chi connectivity index (χ0n) is 12.1. The van der Waals surface area contributed by atoms with Gasteiger partial charge in [0.25, 0.3) is 0 Å². The first kappa shape index (κ1) is 16.0. The van der Waals surface area contributed by atoms with Crippen LogP contribution in [0.15, 0.2) is 5.16 Å². The molecular formula is C12H22N4O2S. The molecule has 1 unspecified atom stereocenters. The second-order valence-corrected chi connectivity index (χ2v) is 6.10. The minimum absolute atomic E-state index is 0.00487. The smallest absolute Gasteiger partial charge is 0.313 e. The first-order chi connectivity index (χ1) is 8.82. The van der Waals surface area contributed by atoms with Crippen molar-refractivity contribution in [2.75, 3.05) is 26.4 Å². The van der Waals surface area contributed by atoms with Crippen LogP contribution in [0.3, 0.4) is 0 Å². The summed E-state index contributed by atoms with van der Waals surface area (Å²) in [7, 11) is 4.03.